The summed E-state index contributed by atoms with van der Waals surface area (Å²) >= 11 is 0. The molecule has 6 heteroatoms. The Bertz CT molecular complexity index is 519. The second-order valence-electron chi connectivity index (χ2n) is 5.73. The maximum absolute atomic E-state index is 13.9. The number of likely N-dealkylation sites (tertiary alicyclic amines) is 1. The van der Waals surface area contributed by atoms with Gasteiger partial charge in [-0.25, -0.2) is 8.78 Å². The molecule has 122 valence electrons. The lowest BCUT2D eigenvalue weighted by atomic mass is 9.92. The molecule has 22 heavy (non-hydrogen) atoms. The fourth-order valence-electron chi connectivity index (χ4n) is 3.19. The van der Waals surface area contributed by atoms with Crippen LogP contribution in [0.1, 0.15) is 24.8 Å². The molecule has 1 unspecified atom stereocenters. The predicted octanol–water partition coefficient (Wildman–Crippen LogP) is 2.08. The summed E-state index contributed by atoms with van der Waals surface area (Å²) in [7, 11) is 3.16. The van der Waals surface area contributed by atoms with Crippen molar-refractivity contribution in [3.8, 4) is 0 Å². The first-order valence-electron chi connectivity index (χ1n) is 7.40. The summed E-state index contributed by atoms with van der Waals surface area (Å²) < 4.78 is 33.1. The number of nitrogens with zero attached hydrogens (tertiary/aromatic N) is 1. The van der Waals surface area contributed by atoms with Crippen molar-refractivity contribution in [1.82, 2.24) is 10.2 Å². The highest BCUT2D eigenvalue weighted by molar-refractivity contribution is 5.77. The van der Waals surface area contributed by atoms with Gasteiger partial charge in [0.1, 0.15) is 11.6 Å². The zero-order valence-electron chi connectivity index (χ0n) is 13.0. The number of carbonyl (C=O) groups is 1. The molecule has 1 heterocycles. The van der Waals surface area contributed by atoms with Gasteiger partial charge in [0, 0.05) is 32.7 Å². The number of hydrogen-bond donors (Lipinski definition) is 1. The van der Waals surface area contributed by atoms with Gasteiger partial charge in [0.05, 0.1) is 12.1 Å². The van der Waals surface area contributed by atoms with E-state index in [1.807, 2.05) is 4.90 Å². The zero-order chi connectivity index (χ0) is 16.2. The first-order valence-corrected chi connectivity index (χ1v) is 7.40. The van der Waals surface area contributed by atoms with Crippen molar-refractivity contribution in [2.75, 3.05) is 27.3 Å². The van der Waals surface area contributed by atoms with E-state index in [9.17, 15) is 13.6 Å². The van der Waals surface area contributed by atoms with Gasteiger partial charge in [0.2, 0.25) is 5.91 Å². The van der Waals surface area contributed by atoms with Crippen molar-refractivity contribution >= 4 is 5.91 Å². The molecular formula is C16H22F2N2O2. The molecule has 1 aromatic carbocycles. The molecule has 0 aromatic heterocycles. The average molecular weight is 312 g/mol. The van der Waals surface area contributed by atoms with Gasteiger partial charge in [0.15, 0.2) is 0 Å². The van der Waals surface area contributed by atoms with E-state index in [2.05, 4.69) is 5.32 Å². The highest BCUT2D eigenvalue weighted by atomic mass is 19.1. The molecule has 1 amide bonds. The van der Waals surface area contributed by atoms with Crippen molar-refractivity contribution < 1.29 is 18.3 Å². The molecule has 1 fully saturated rings. The van der Waals surface area contributed by atoms with Crippen LogP contribution >= 0.6 is 0 Å². The monoisotopic (exact) mass is 312 g/mol. The SMILES string of the molecule is CNC(=O)CC1(COC)CCCN1Cc1c(F)cccc1F. The minimum Gasteiger partial charge on any atom is -0.383 e. The van der Waals surface area contributed by atoms with Gasteiger partial charge in [-0.2, -0.15) is 0 Å². The van der Waals surface area contributed by atoms with Crippen LogP contribution in [0.25, 0.3) is 0 Å². The van der Waals surface area contributed by atoms with E-state index in [0.717, 1.165) is 12.8 Å². The number of rotatable bonds is 6. The smallest absolute Gasteiger partial charge is 0.221 e. The van der Waals surface area contributed by atoms with Crippen LogP contribution in [-0.2, 0) is 16.1 Å². The van der Waals surface area contributed by atoms with Crippen LogP contribution in [-0.4, -0.2) is 43.7 Å². The Hall–Kier alpha value is -1.53. The van der Waals surface area contributed by atoms with Crippen molar-refractivity contribution in [3.63, 3.8) is 0 Å². The number of amides is 1. The van der Waals surface area contributed by atoms with Gasteiger partial charge in [-0.15, -0.1) is 0 Å². The molecule has 0 spiro atoms. The average Bonchev–Trinajstić information content (AvgIpc) is 2.85. The molecule has 1 atom stereocenters. The number of benzene rings is 1. The van der Waals surface area contributed by atoms with Crippen LogP contribution in [0.3, 0.4) is 0 Å². The molecule has 1 saturated heterocycles. The highest BCUT2D eigenvalue weighted by Gasteiger charge is 2.42. The zero-order valence-corrected chi connectivity index (χ0v) is 13.0. The van der Waals surface area contributed by atoms with Gasteiger partial charge in [0.25, 0.3) is 0 Å². The molecule has 2 rings (SSSR count). The fourth-order valence-corrected chi connectivity index (χ4v) is 3.19. The summed E-state index contributed by atoms with van der Waals surface area (Å²) in [5.74, 6) is -1.21. The summed E-state index contributed by atoms with van der Waals surface area (Å²) in [6, 6.07) is 3.86. The summed E-state index contributed by atoms with van der Waals surface area (Å²) in [5, 5.41) is 2.61. The standard InChI is InChI=1S/C16H22F2N2O2/c1-19-15(21)9-16(11-22-2)7-4-8-20(16)10-12-13(17)5-3-6-14(12)18/h3,5-6H,4,7-11H2,1-2H3,(H,19,21). The lowest BCUT2D eigenvalue weighted by molar-refractivity contribution is -0.124. The summed E-state index contributed by atoms with van der Waals surface area (Å²) in [6.45, 7) is 1.18. The van der Waals surface area contributed by atoms with E-state index in [1.165, 1.54) is 18.2 Å². The molecule has 0 saturated carbocycles. The quantitative estimate of drug-likeness (QED) is 0.874. The Morgan fingerprint density at radius 1 is 1.41 bits per heavy atom. The highest BCUT2D eigenvalue weighted by Crippen LogP contribution is 2.35. The van der Waals surface area contributed by atoms with Crippen LogP contribution in [0.4, 0.5) is 8.78 Å². The van der Waals surface area contributed by atoms with E-state index < -0.39 is 17.2 Å². The van der Waals surface area contributed by atoms with Crippen molar-refractivity contribution in [2.45, 2.75) is 31.3 Å². The summed E-state index contributed by atoms with van der Waals surface area (Å²) in [6.07, 6.45) is 1.90. The molecule has 1 aromatic rings. The van der Waals surface area contributed by atoms with Gasteiger partial charge in [-0.3, -0.25) is 9.69 Å². The molecule has 0 aliphatic carbocycles. The van der Waals surface area contributed by atoms with Gasteiger partial charge < -0.3 is 10.1 Å². The first kappa shape index (κ1) is 16.8. The number of hydrogen-bond acceptors (Lipinski definition) is 3. The second kappa shape index (κ2) is 7.15. The van der Waals surface area contributed by atoms with E-state index in [4.69, 9.17) is 4.74 Å². The maximum atomic E-state index is 13.9. The largest absolute Gasteiger partial charge is 0.383 e. The second-order valence-corrected chi connectivity index (χ2v) is 5.73. The number of nitrogens with one attached hydrogen (secondary N) is 1. The first-order chi connectivity index (χ1) is 10.5. The Kier molecular flexibility index (Phi) is 5.47. The number of methoxy groups -OCH3 is 1. The Labute approximate surface area is 129 Å². The van der Waals surface area contributed by atoms with Crippen molar-refractivity contribution in [1.29, 1.82) is 0 Å². The number of ether oxygens (including phenoxy) is 1. The van der Waals surface area contributed by atoms with E-state index in [1.54, 1.807) is 14.2 Å². The molecule has 1 aliphatic rings. The Balaban J connectivity index is 2.25. The molecule has 0 radical (unpaired) electrons. The van der Waals surface area contributed by atoms with Crippen LogP contribution in [0.5, 0.6) is 0 Å². The normalized spacial score (nSPS) is 22.0. The minimum absolute atomic E-state index is 0.0433. The van der Waals surface area contributed by atoms with Gasteiger partial charge in [-0.1, -0.05) is 6.07 Å². The van der Waals surface area contributed by atoms with E-state index in [0.29, 0.717) is 13.2 Å². The van der Waals surface area contributed by atoms with E-state index >= 15 is 0 Å². The number of halogens is 2. The third-order valence-electron chi connectivity index (χ3n) is 4.33. The van der Waals surface area contributed by atoms with Gasteiger partial charge in [-0.05, 0) is 31.5 Å². The topological polar surface area (TPSA) is 41.6 Å². The molecule has 1 N–H and O–H groups in total. The molecule has 0 bridgehead atoms. The van der Waals surface area contributed by atoms with Crippen LogP contribution in [0.2, 0.25) is 0 Å². The Morgan fingerprint density at radius 2 is 2.09 bits per heavy atom. The van der Waals surface area contributed by atoms with Crippen LogP contribution < -0.4 is 5.32 Å². The van der Waals surface area contributed by atoms with Gasteiger partial charge >= 0.3 is 0 Å². The molecule has 4 nitrogen and oxygen atoms in total. The van der Waals surface area contributed by atoms with E-state index in [-0.39, 0.29) is 24.4 Å². The van der Waals surface area contributed by atoms with Crippen LogP contribution in [0, 0.1) is 11.6 Å². The lowest BCUT2D eigenvalue weighted by Crippen LogP contribution is -2.50. The Morgan fingerprint density at radius 3 is 2.68 bits per heavy atom. The third kappa shape index (κ3) is 3.44. The summed E-state index contributed by atoms with van der Waals surface area (Å²) in [5.41, 5.74) is -0.467. The third-order valence-corrected chi connectivity index (χ3v) is 4.33. The minimum atomic E-state index is -0.557. The predicted molar refractivity (Wildman–Crippen MR) is 79.3 cm³/mol. The summed E-state index contributed by atoms with van der Waals surface area (Å²) in [4.78, 5) is 13.8. The lowest BCUT2D eigenvalue weighted by Gasteiger charge is -2.37. The van der Waals surface area contributed by atoms with Crippen molar-refractivity contribution in [3.05, 3.63) is 35.4 Å². The number of carbonyl (C=O) groups excluding carboxylic acids is 1. The molecular weight excluding hydrogens is 290 g/mol. The molecule has 1 aliphatic heterocycles. The maximum Gasteiger partial charge on any atom is 0.221 e. The van der Waals surface area contributed by atoms with Crippen LogP contribution in [0.15, 0.2) is 18.2 Å². The fraction of sp³-hybridized carbons (Fsp3) is 0.562. The van der Waals surface area contributed by atoms with Crippen molar-refractivity contribution in [2.24, 2.45) is 0 Å².